The lowest BCUT2D eigenvalue weighted by Gasteiger charge is -2.25. The molecule has 0 atom stereocenters. The molecule has 0 unspecified atom stereocenters. The van der Waals surface area contributed by atoms with E-state index in [1.54, 1.807) is 0 Å². The van der Waals surface area contributed by atoms with Crippen LogP contribution >= 0.6 is 0 Å². The van der Waals surface area contributed by atoms with E-state index in [1.165, 1.54) is 12.1 Å². The standard InChI is InChI=1S/C14H14F2O5S/c15-14(16)13-10(21-8-3-5-20-6-4-8)1-2-11-12(13)9(17)7-22(11,18)19/h1-2,8,14H,3-7H2. The molecule has 1 fully saturated rings. The van der Waals surface area contributed by atoms with Crippen molar-refractivity contribution in [2.45, 2.75) is 30.3 Å². The first-order valence-electron chi connectivity index (χ1n) is 6.85. The molecule has 1 aromatic rings. The minimum atomic E-state index is -3.82. The van der Waals surface area contributed by atoms with Crippen LogP contribution in [0.4, 0.5) is 8.78 Å². The van der Waals surface area contributed by atoms with Gasteiger partial charge in [0.25, 0.3) is 6.43 Å². The highest BCUT2D eigenvalue weighted by Gasteiger charge is 2.39. The summed E-state index contributed by atoms with van der Waals surface area (Å²) in [4.78, 5) is 11.5. The number of carbonyl (C=O) groups is 1. The number of ether oxygens (including phenoxy) is 2. The molecule has 0 spiro atoms. The van der Waals surface area contributed by atoms with E-state index in [-0.39, 0.29) is 16.7 Å². The fourth-order valence-corrected chi connectivity index (χ4v) is 4.20. The molecule has 0 aromatic heterocycles. The summed E-state index contributed by atoms with van der Waals surface area (Å²) in [6.07, 6.45) is -2.14. The number of hydrogen-bond donors (Lipinski definition) is 0. The number of sulfone groups is 1. The molecule has 2 aliphatic rings. The van der Waals surface area contributed by atoms with Crippen molar-refractivity contribution in [3.05, 3.63) is 23.3 Å². The molecule has 0 N–H and O–H groups in total. The SMILES string of the molecule is O=C1CS(=O)(=O)c2ccc(OC3CCOCC3)c(C(F)F)c21. The summed E-state index contributed by atoms with van der Waals surface area (Å²) in [6, 6.07) is 2.39. The molecule has 0 bridgehead atoms. The van der Waals surface area contributed by atoms with Crippen molar-refractivity contribution in [2.75, 3.05) is 19.0 Å². The fourth-order valence-electron chi connectivity index (χ4n) is 2.74. The highest BCUT2D eigenvalue weighted by Crippen LogP contribution is 2.40. The second kappa shape index (κ2) is 5.58. The Morgan fingerprint density at radius 3 is 2.55 bits per heavy atom. The Morgan fingerprint density at radius 2 is 1.91 bits per heavy atom. The molecule has 1 aromatic carbocycles. The lowest BCUT2D eigenvalue weighted by molar-refractivity contribution is 0.0234. The van der Waals surface area contributed by atoms with Gasteiger partial charge in [-0.25, -0.2) is 17.2 Å². The zero-order chi connectivity index (χ0) is 15.9. The molecular formula is C14H14F2O5S. The third-order valence-corrected chi connectivity index (χ3v) is 5.44. The number of alkyl halides is 2. The number of fused-ring (bicyclic) bond motifs is 1. The minimum Gasteiger partial charge on any atom is -0.490 e. The Labute approximate surface area is 126 Å². The van der Waals surface area contributed by atoms with Gasteiger partial charge in [-0.1, -0.05) is 0 Å². The molecule has 22 heavy (non-hydrogen) atoms. The molecule has 0 aliphatic carbocycles. The average molecular weight is 332 g/mol. The van der Waals surface area contributed by atoms with Gasteiger partial charge in [-0.2, -0.15) is 0 Å². The van der Waals surface area contributed by atoms with Gasteiger partial charge in [-0.15, -0.1) is 0 Å². The van der Waals surface area contributed by atoms with Crippen molar-refractivity contribution >= 4 is 15.6 Å². The van der Waals surface area contributed by atoms with Crippen LogP contribution in [-0.4, -0.2) is 39.3 Å². The number of hydrogen-bond acceptors (Lipinski definition) is 5. The van der Waals surface area contributed by atoms with Crippen LogP contribution in [-0.2, 0) is 14.6 Å². The Morgan fingerprint density at radius 1 is 1.23 bits per heavy atom. The quantitative estimate of drug-likeness (QED) is 0.848. The van der Waals surface area contributed by atoms with E-state index in [2.05, 4.69) is 0 Å². The van der Waals surface area contributed by atoms with Crippen molar-refractivity contribution in [1.82, 2.24) is 0 Å². The first kappa shape index (κ1) is 15.4. The maximum absolute atomic E-state index is 13.4. The third-order valence-electron chi connectivity index (χ3n) is 3.78. The van der Waals surface area contributed by atoms with Crippen LogP contribution < -0.4 is 4.74 Å². The van der Waals surface area contributed by atoms with Gasteiger partial charge in [0.1, 0.15) is 17.6 Å². The summed E-state index contributed by atoms with van der Waals surface area (Å²) in [5.41, 5.74) is -1.03. The molecule has 1 saturated heterocycles. The summed E-state index contributed by atoms with van der Waals surface area (Å²) < 4.78 is 61.2. The van der Waals surface area contributed by atoms with Gasteiger partial charge in [0.2, 0.25) is 0 Å². The Kier molecular flexibility index (Phi) is 3.90. The number of rotatable bonds is 3. The lowest BCUT2D eigenvalue weighted by Crippen LogP contribution is -2.26. The maximum Gasteiger partial charge on any atom is 0.268 e. The molecule has 0 saturated carbocycles. The van der Waals surface area contributed by atoms with E-state index in [9.17, 15) is 22.0 Å². The topological polar surface area (TPSA) is 69.7 Å². The monoisotopic (exact) mass is 332 g/mol. The Hall–Kier alpha value is -1.54. The summed E-state index contributed by atoms with van der Waals surface area (Å²) in [5, 5.41) is 0. The molecule has 5 nitrogen and oxygen atoms in total. The largest absolute Gasteiger partial charge is 0.490 e. The Bertz CT molecular complexity index is 708. The van der Waals surface area contributed by atoms with Gasteiger partial charge in [0, 0.05) is 18.4 Å². The molecule has 2 aliphatic heterocycles. The molecule has 0 radical (unpaired) electrons. The van der Waals surface area contributed by atoms with Gasteiger partial charge in [0.15, 0.2) is 15.6 Å². The lowest BCUT2D eigenvalue weighted by atomic mass is 10.0. The van der Waals surface area contributed by atoms with Gasteiger partial charge >= 0.3 is 0 Å². The van der Waals surface area contributed by atoms with Gasteiger partial charge in [0.05, 0.1) is 23.7 Å². The van der Waals surface area contributed by atoms with E-state index < -0.39 is 38.9 Å². The van der Waals surface area contributed by atoms with Crippen LogP contribution in [0, 0.1) is 0 Å². The summed E-state index contributed by atoms with van der Waals surface area (Å²) >= 11 is 0. The van der Waals surface area contributed by atoms with Crippen LogP contribution in [0.1, 0.15) is 35.2 Å². The van der Waals surface area contributed by atoms with E-state index in [1.807, 2.05) is 0 Å². The molecule has 3 rings (SSSR count). The zero-order valence-electron chi connectivity index (χ0n) is 11.6. The Balaban J connectivity index is 2.05. The van der Waals surface area contributed by atoms with Gasteiger partial charge in [-0.05, 0) is 12.1 Å². The van der Waals surface area contributed by atoms with E-state index in [4.69, 9.17) is 9.47 Å². The van der Waals surface area contributed by atoms with Crippen LogP contribution in [0.3, 0.4) is 0 Å². The van der Waals surface area contributed by atoms with E-state index >= 15 is 0 Å². The molecule has 120 valence electrons. The smallest absolute Gasteiger partial charge is 0.268 e. The molecule has 0 amide bonds. The van der Waals surface area contributed by atoms with Crippen LogP contribution in [0.5, 0.6) is 5.75 Å². The summed E-state index contributed by atoms with van der Waals surface area (Å²) in [7, 11) is -3.82. The predicted molar refractivity (Wildman–Crippen MR) is 72.3 cm³/mol. The second-order valence-corrected chi connectivity index (χ2v) is 7.22. The zero-order valence-corrected chi connectivity index (χ0v) is 12.4. The maximum atomic E-state index is 13.4. The van der Waals surface area contributed by atoms with Gasteiger partial charge in [-0.3, -0.25) is 4.79 Å². The van der Waals surface area contributed by atoms with Crippen molar-refractivity contribution < 1.29 is 31.5 Å². The van der Waals surface area contributed by atoms with Crippen LogP contribution in [0.2, 0.25) is 0 Å². The van der Waals surface area contributed by atoms with Crippen LogP contribution in [0.15, 0.2) is 17.0 Å². The normalized spacial score (nSPS) is 21.1. The summed E-state index contributed by atoms with van der Waals surface area (Å²) in [6.45, 7) is 0.958. The number of benzene rings is 1. The third kappa shape index (κ3) is 2.61. The fraction of sp³-hybridized carbons (Fsp3) is 0.500. The predicted octanol–water partition coefficient (Wildman–Crippen LogP) is 2.15. The number of ketones is 1. The van der Waals surface area contributed by atoms with Crippen molar-refractivity contribution in [1.29, 1.82) is 0 Å². The number of Topliss-reactive ketones (excluding diaryl/α,β-unsaturated/α-hetero) is 1. The van der Waals surface area contributed by atoms with Gasteiger partial charge < -0.3 is 9.47 Å². The van der Waals surface area contributed by atoms with E-state index in [0.717, 1.165) is 0 Å². The van der Waals surface area contributed by atoms with E-state index in [0.29, 0.717) is 26.1 Å². The molecule has 2 heterocycles. The summed E-state index contributed by atoms with van der Waals surface area (Å²) in [5.74, 6) is -1.68. The van der Waals surface area contributed by atoms with Crippen molar-refractivity contribution in [3.63, 3.8) is 0 Å². The second-order valence-electron chi connectivity index (χ2n) is 5.26. The highest BCUT2D eigenvalue weighted by molar-refractivity contribution is 7.92. The van der Waals surface area contributed by atoms with Crippen molar-refractivity contribution in [3.8, 4) is 5.75 Å². The average Bonchev–Trinajstić information content (AvgIpc) is 2.69. The molecular weight excluding hydrogens is 318 g/mol. The van der Waals surface area contributed by atoms with Crippen molar-refractivity contribution in [2.24, 2.45) is 0 Å². The number of halogens is 2. The first-order valence-corrected chi connectivity index (χ1v) is 8.51. The van der Waals surface area contributed by atoms with Crippen LogP contribution in [0.25, 0.3) is 0 Å². The molecule has 8 heteroatoms. The number of carbonyl (C=O) groups excluding carboxylic acids is 1. The first-order chi connectivity index (χ1) is 10.4. The highest BCUT2D eigenvalue weighted by atomic mass is 32.2. The minimum absolute atomic E-state index is 0.119.